The Balaban J connectivity index is 3.21. The fourth-order valence-electron chi connectivity index (χ4n) is 2.02. The smallest absolute Gasteiger partial charge is 0.123 e. The third kappa shape index (κ3) is 3.62. The van der Waals surface area contributed by atoms with Gasteiger partial charge in [0.25, 0.3) is 0 Å². The van der Waals surface area contributed by atoms with Gasteiger partial charge in [0.2, 0.25) is 0 Å². The van der Waals surface area contributed by atoms with Gasteiger partial charge in [0.15, 0.2) is 0 Å². The predicted molar refractivity (Wildman–Crippen MR) is 73.9 cm³/mol. The molecule has 3 heteroatoms. The van der Waals surface area contributed by atoms with Crippen molar-refractivity contribution in [2.24, 2.45) is 5.41 Å². The second-order valence-corrected chi connectivity index (χ2v) is 5.68. The summed E-state index contributed by atoms with van der Waals surface area (Å²) in [4.78, 5) is 0. The average Bonchev–Trinajstić information content (AvgIpc) is 2.24. The molecule has 1 unspecified atom stereocenters. The van der Waals surface area contributed by atoms with E-state index >= 15 is 0 Å². The number of nitrogens with one attached hydrogen (secondary N) is 1. The Morgan fingerprint density at radius 3 is 2.47 bits per heavy atom. The molecule has 0 saturated carbocycles. The Kier molecular flexibility index (Phi) is 4.84. The molecule has 17 heavy (non-hydrogen) atoms. The van der Waals surface area contributed by atoms with Crippen molar-refractivity contribution in [1.82, 2.24) is 5.32 Å². The number of benzene rings is 1. The summed E-state index contributed by atoms with van der Waals surface area (Å²) in [7, 11) is 1.69. The number of ether oxygens (including phenoxy) is 1. The van der Waals surface area contributed by atoms with Crippen LogP contribution in [0, 0.1) is 5.41 Å². The van der Waals surface area contributed by atoms with Gasteiger partial charge in [0.05, 0.1) is 7.11 Å². The van der Waals surface area contributed by atoms with Crippen LogP contribution < -0.4 is 10.1 Å². The van der Waals surface area contributed by atoms with E-state index in [1.54, 1.807) is 7.11 Å². The fraction of sp³-hybridized carbons (Fsp3) is 0.571. The van der Waals surface area contributed by atoms with Gasteiger partial charge in [0.1, 0.15) is 5.75 Å². The average molecular weight is 256 g/mol. The first-order valence-corrected chi connectivity index (χ1v) is 6.34. The second kappa shape index (κ2) is 5.74. The molecule has 0 amide bonds. The molecule has 1 N–H and O–H groups in total. The van der Waals surface area contributed by atoms with Crippen LogP contribution in [0.5, 0.6) is 5.75 Å². The number of hydrogen-bond acceptors (Lipinski definition) is 2. The van der Waals surface area contributed by atoms with Gasteiger partial charge in [-0.3, -0.25) is 0 Å². The Hall–Kier alpha value is -0.730. The van der Waals surface area contributed by atoms with Crippen molar-refractivity contribution in [3.63, 3.8) is 0 Å². The highest BCUT2D eigenvalue weighted by Crippen LogP contribution is 2.38. The molecule has 0 bridgehead atoms. The normalized spacial score (nSPS) is 13.5. The third-order valence-electron chi connectivity index (χ3n) is 2.78. The highest BCUT2D eigenvalue weighted by Gasteiger charge is 2.28. The molecule has 96 valence electrons. The highest BCUT2D eigenvalue weighted by molar-refractivity contribution is 6.30. The van der Waals surface area contributed by atoms with E-state index < -0.39 is 0 Å². The third-order valence-corrected chi connectivity index (χ3v) is 3.01. The van der Waals surface area contributed by atoms with Crippen molar-refractivity contribution in [1.29, 1.82) is 0 Å². The molecule has 0 saturated heterocycles. The molecular weight excluding hydrogens is 234 g/mol. The van der Waals surface area contributed by atoms with Crippen molar-refractivity contribution < 1.29 is 4.74 Å². The van der Waals surface area contributed by atoms with Crippen LogP contribution in [0.4, 0.5) is 0 Å². The lowest BCUT2D eigenvalue weighted by Gasteiger charge is -2.32. The van der Waals surface area contributed by atoms with E-state index in [1.165, 1.54) is 0 Å². The molecule has 0 spiro atoms. The van der Waals surface area contributed by atoms with Gasteiger partial charge in [0, 0.05) is 16.6 Å². The summed E-state index contributed by atoms with van der Waals surface area (Å²) in [6, 6.07) is 5.99. The van der Waals surface area contributed by atoms with Gasteiger partial charge in [-0.15, -0.1) is 0 Å². The van der Waals surface area contributed by atoms with E-state index in [1.807, 2.05) is 18.2 Å². The Labute approximate surface area is 109 Å². The van der Waals surface area contributed by atoms with E-state index in [-0.39, 0.29) is 11.5 Å². The van der Waals surface area contributed by atoms with Gasteiger partial charge < -0.3 is 10.1 Å². The van der Waals surface area contributed by atoms with Crippen LogP contribution in [0.3, 0.4) is 0 Å². The standard InChI is InChI=1S/C14H22ClNO/c1-6-16-13(14(2,3)4)11-9-10(15)7-8-12(11)17-5/h7-9,13,16H,6H2,1-5H3. The summed E-state index contributed by atoms with van der Waals surface area (Å²) in [6.07, 6.45) is 0. The molecule has 0 heterocycles. The molecule has 0 aromatic heterocycles. The zero-order chi connectivity index (χ0) is 13.1. The van der Waals surface area contributed by atoms with Crippen molar-refractivity contribution in [2.75, 3.05) is 13.7 Å². The maximum atomic E-state index is 6.08. The van der Waals surface area contributed by atoms with Crippen LogP contribution >= 0.6 is 11.6 Å². The van der Waals surface area contributed by atoms with Gasteiger partial charge in [-0.2, -0.15) is 0 Å². The first kappa shape index (κ1) is 14.3. The van der Waals surface area contributed by atoms with Crippen LogP contribution in [0.15, 0.2) is 18.2 Å². The second-order valence-electron chi connectivity index (χ2n) is 5.24. The van der Waals surface area contributed by atoms with Gasteiger partial charge >= 0.3 is 0 Å². The van der Waals surface area contributed by atoms with Crippen LogP contribution in [0.1, 0.15) is 39.3 Å². The minimum atomic E-state index is 0.105. The molecule has 0 aliphatic rings. The summed E-state index contributed by atoms with van der Waals surface area (Å²) in [5.41, 5.74) is 1.22. The zero-order valence-corrected chi connectivity index (χ0v) is 12.1. The molecule has 0 radical (unpaired) electrons. The summed E-state index contributed by atoms with van der Waals surface area (Å²) in [5, 5.41) is 4.25. The van der Waals surface area contributed by atoms with E-state index in [9.17, 15) is 0 Å². The molecule has 0 fully saturated rings. The van der Waals surface area contributed by atoms with Crippen LogP contribution in [0.2, 0.25) is 5.02 Å². The summed E-state index contributed by atoms with van der Waals surface area (Å²) in [6.45, 7) is 9.65. The minimum absolute atomic E-state index is 0.105. The molecule has 1 aromatic rings. The lowest BCUT2D eigenvalue weighted by Crippen LogP contribution is -2.32. The lowest BCUT2D eigenvalue weighted by atomic mass is 9.82. The first-order valence-electron chi connectivity index (χ1n) is 5.97. The van der Waals surface area contributed by atoms with E-state index in [0.717, 1.165) is 22.9 Å². The Bertz CT molecular complexity index is 371. The largest absolute Gasteiger partial charge is 0.496 e. The van der Waals surface area contributed by atoms with Crippen LogP contribution in [-0.4, -0.2) is 13.7 Å². The van der Waals surface area contributed by atoms with Crippen molar-refractivity contribution >= 4 is 11.6 Å². The van der Waals surface area contributed by atoms with Crippen molar-refractivity contribution in [3.05, 3.63) is 28.8 Å². The maximum absolute atomic E-state index is 6.08. The monoisotopic (exact) mass is 255 g/mol. The number of methoxy groups -OCH3 is 1. The highest BCUT2D eigenvalue weighted by atomic mass is 35.5. The summed E-state index contributed by atoms with van der Waals surface area (Å²) < 4.78 is 5.42. The fourth-order valence-corrected chi connectivity index (χ4v) is 2.20. The minimum Gasteiger partial charge on any atom is -0.496 e. The van der Waals surface area contributed by atoms with Gasteiger partial charge in [-0.25, -0.2) is 0 Å². The van der Waals surface area contributed by atoms with E-state index in [2.05, 4.69) is 33.0 Å². The van der Waals surface area contributed by atoms with Crippen molar-refractivity contribution in [3.8, 4) is 5.75 Å². The quantitative estimate of drug-likeness (QED) is 0.877. The topological polar surface area (TPSA) is 21.3 Å². The van der Waals surface area contributed by atoms with Gasteiger partial charge in [-0.05, 0) is 30.2 Å². The number of halogens is 1. The number of rotatable bonds is 4. The molecule has 1 aromatic carbocycles. The summed E-state index contributed by atoms with van der Waals surface area (Å²) >= 11 is 6.08. The van der Waals surface area contributed by atoms with Crippen LogP contribution in [-0.2, 0) is 0 Å². The first-order chi connectivity index (χ1) is 7.90. The van der Waals surface area contributed by atoms with E-state index in [4.69, 9.17) is 16.3 Å². The molecular formula is C14H22ClNO. The zero-order valence-electron chi connectivity index (χ0n) is 11.3. The molecule has 1 atom stereocenters. The maximum Gasteiger partial charge on any atom is 0.123 e. The van der Waals surface area contributed by atoms with Crippen LogP contribution in [0.25, 0.3) is 0 Å². The molecule has 1 rings (SSSR count). The molecule has 0 aliphatic carbocycles. The molecule has 2 nitrogen and oxygen atoms in total. The SMILES string of the molecule is CCNC(c1cc(Cl)ccc1OC)C(C)(C)C. The Morgan fingerprint density at radius 2 is 2.00 bits per heavy atom. The van der Waals surface area contributed by atoms with E-state index in [0.29, 0.717) is 0 Å². The van der Waals surface area contributed by atoms with Gasteiger partial charge in [-0.1, -0.05) is 39.3 Å². The summed E-state index contributed by atoms with van der Waals surface area (Å²) in [5.74, 6) is 0.885. The number of hydrogen-bond donors (Lipinski definition) is 1. The molecule has 0 aliphatic heterocycles. The van der Waals surface area contributed by atoms with Crippen molar-refractivity contribution in [2.45, 2.75) is 33.7 Å². The lowest BCUT2D eigenvalue weighted by molar-refractivity contribution is 0.268. The Morgan fingerprint density at radius 1 is 1.35 bits per heavy atom. The predicted octanol–water partition coefficient (Wildman–Crippen LogP) is 4.05.